The first kappa shape index (κ1) is 14.7. The zero-order valence-corrected chi connectivity index (χ0v) is 12.4. The van der Waals surface area contributed by atoms with Crippen LogP contribution in [0.15, 0.2) is 0 Å². The first-order chi connectivity index (χ1) is 8.88. The van der Waals surface area contributed by atoms with Crippen LogP contribution >= 0.6 is 0 Å². The molecule has 0 spiro atoms. The maximum Gasteiger partial charge on any atom is 0.223 e. The van der Waals surface area contributed by atoms with Gasteiger partial charge in [-0.1, -0.05) is 0 Å². The molecule has 0 aromatic carbocycles. The third-order valence-corrected chi connectivity index (χ3v) is 5.23. The van der Waals surface area contributed by atoms with Gasteiger partial charge in [0.05, 0.1) is 6.26 Å². The number of rotatable bonds is 3. The quantitative estimate of drug-likeness (QED) is 0.728. The molecule has 0 N–H and O–H groups in total. The van der Waals surface area contributed by atoms with Gasteiger partial charge in [-0.2, -0.15) is 4.31 Å². The van der Waals surface area contributed by atoms with Crippen LogP contribution < -0.4 is 0 Å². The van der Waals surface area contributed by atoms with Crippen LogP contribution in [-0.4, -0.2) is 68.7 Å². The Morgan fingerprint density at radius 2 is 2.11 bits per heavy atom. The maximum atomic E-state index is 12.2. The minimum Gasteiger partial charge on any atom is -0.381 e. The van der Waals surface area contributed by atoms with Crippen molar-refractivity contribution in [3.8, 4) is 0 Å². The van der Waals surface area contributed by atoms with Crippen molar-refractivity contribution >= 4 is 15.9 Å². The van der Waals surface area contributed by atoms with Crippen molar-refractivity contribution in [2.24, 2.45) is 5.92 Å². The van der Waals surface area contributed by atoms with Crippen LogP contribution in [0.2, 0.25) is 0 Å². The Balaban J connectivity index is 1.88. The summed E-state index contributed by atoms with van der Waals surface area (Å²) in [6.07, 6.45) is 2.69. The highest BCUT2D eigenvalue weighted by molar-refractivity contribution is 7.88. The van der Waals surface area contributed by atoms with Gasteiger partial charge in [-0.15, -0.1) is 0 Å². The van der Waals surface area contributed by atoms with Gasteiger partial charge in [0.1, 0.15) is 0 Å². The van der Waals surface area contributed by atoms with Gasteiger partial charge in [0, 0.05) is 45.3 Å². The van der Waals surface area contributed by atoms with Crippen molar-refractivity contribution < 1.29 is 17.9 Å². The van der Waals surface area contributed by atoms with Crippen LogP contribution in [0, 0.1) is 5.92 Å². The molecule has 6 nitrogen and oxygen atoms in total. The monoisotopic (exact) mass is 290 g/mol. The molecule has 2 saturated heterocycles. The maximum absolute atomic E-state index is 12.2. The van der Waals surface area contributed by atoms with Crippen LogP contribution in [0.5, 0.6) is 0 Å². The predicted molar refractivity (Wildman–Crippen MR) is 71.1 cm³/mol. The number of hydrogen-bond donors (Lipinski definition) is 0. The molecule has 0 aromatic rings. The summed E-state index contributed by atoms with van der Waals surface area (Å²) in [5, 5.41) is 0. The van der Waals surface area contributed by atoms with Crippen molar-refractivity contribution in [3.05, 3.63) is 0 Å². The van der Waals surface area contributed by atoms with E-state index < -0.39 is 10.0 Å². The minimum absolute atomic E-state index is 0.121. The average Bonchev–Trinajstić information content (AvgIpc) is 2.79. The lowest BCUT2D eigenvalue weighted by atomic mass is 10.0. The zero-order chi connectivity index (χ0) is 14.0. The molecule has 7 heteroatoms. The third kappa shape index (κ3) is 3.67. The number of nitrogens with zero attached hydrogens (tertiary/aromatic N) is 2. The Hall–Kier alpha value is -0.660. The van der Waals surface area contributed by atoms with Crippen LogP contribution in [0.1, 0.15) is 19.8 Å². The number of hydrogen-bond acceptors (Lipinski definition) is 4. The Kier molecular flexibility index (Phi) is 4.47. The van der Waals surface area contributed by atoms with E-state index in [2.05, 4.69) is 0 Å². The summed E-state index contributed by atoms with van der Waals surface area (Å²) in [5.74, 6) is 0.450. The fraction of sp³-hybridized carbons (Fsp3) is 0.917. The highest BCUT2D eigenvalue weighted by Crippen LogP contribution is 2.19. The highest BCUT2D eigenvalue weighted by atomic mass is 32.2. The van der Waals surface area contributed by atoms with Gasteiger partial charge < -0.3 is 9.64 Å². The molecule has 0 aliphatic carbocycles. The molecule has 1 amide bonds. The molecule has 2 rings (SSSR count). The fourth-order valence-corrected chi connectivity index (χ4v) is 3.91. The van der Waals surface area contributed by atoms with E-state index in [0.717, 1.165) is 13.0 Å². The lowest BCUT2D eigenvalue weighted by Gasteiger charge is -2.38. The average molecular weight is 290 g/mol. The second-order valence-electron chi connectivity index (χ2n) is 5.50. The van der Waals surface area contributed by atoms with Gasteiger partial charge >= 0.3 is 0 Å². The molecular weight excluding hydrogens is 268 g/mol. The minimum atomic E-state index is -3.17. The normalized spacial score (nSPS) is 29.7. The van der Waals surface area contributed by atoms with Crippen LogP contribution in [0.25, 0.3) is 0 Å². The van der Waals surface area contributed by atoms with Crippen molar-refractivity contribution in [1.82, 2.24) is 9.21 Å². The number of piperazine rings is 1. The molecule has 0 radical (unpaired) electrons. The Morgan fingerprint density at radius 1 is 1.37 bits per heavy atom. The molecule has 0 saturated carbocycles. The first-order valence-electron chi connectivity index (χ1n) is 6.70. The van der Waals surface area contributed by atoms with Crippen LogP contribution in [-0.2, 0) is 19.6 Å². The lowest BCUT2D eigenvalue weighted by molar-refractivity contribution is -0.134. The molecule has 19 heavy (non-hydrogen) atoms. The van der Waals surface area contributed by atoms with Crippen molar-refractivity contribution in [1.29, 1.82) is 0 Å². The highest BCUT2D eigenvalue weighted by Gasteiger charge is 2.32. The van der Waals surface area contributed by atoms with Crippen LogP contribution in [0.4, 0.5) is 0 Å². The van der Waals surface area contributed by atoms with E-state index in [1.165, 1.54) is 10.6 Å². The van der Waals surface area contributed by atoms with E-state index in [1.54, 1.807) is 4.90 Å². The van der Waals surface area contributed by atoms with Gasteiger partial charge in [0.25, 0.3) is 0 Å². The Labute approximate surface area is 114 Å². The van der Waals surface area contributed by atoms with E-state index in [4.69, 9.17) is 4.74 Å². The lowest BCUT2D eigenvalue weighted by Crippen LogP contribution is -2.55. The van der Waals surface area contributed by atoms with Crippen molar-refractivity contribution in [3.63, 3.8) is 0 Å². The van der Waals surface area contributed by atoms with Crippen molar-refractivity contribution in [2.75, 3.05) is 39.1 Å². The molecule has 2 aliphatic heterocycles. The summed E-state index contributed by atoms with van der Waals surface area (Å²) in [4.78, 5) is 13.9. The number of sulfonamides is 1. The molecule has 2 fully saturated rings. The summed E-state index contributed by atoms with van der Waals surface area (Å²) in [7, 11) is -3.17. The molecule has 1 unspecified atom stereocenters. The molecule has 2 atom stereocenters. The molecule has 0 aromatic heterocycles. The summed E-state index contributed by atoms with van der Waals surface area (Å²) in [6, 6.07) is -0.146. The largest absolute Gasteiger partial charge is 0.381 e. The van der Waals surface area contributed by atoms with Gasteiger partial charge in [0.15, 0.2) is 0 Å². The summed E-state index contributed by atoms with van der Waals surface area (Å²) < 4.78 is 29.9. The topological polar surface area (TPSA) is 66.9 Å². The number of carbonyl (C=O) groups excluding carboxylic acids is 1. The SMILES string of the molecule is C[C@H]1CN(C(=O)CC2CCOC2)CCN1S(C)(=O)=O. The first-order valence-corrected chi connectivity index (χ1v) is 8.55. The molecule has 110 valence electrons. The van der Waals surface area contributed by atoms with Gasteiger partial charge in [-0.3, -0.25) is 4.79 Å². The van der Waals surface area contributed by atoms with Gasteiger partial charge in [-0.25, -0.2) is 8.42 Å². The smallest absolute Gasteiger partial charge is 0.223 e. The third-order valence-electron chi connectivity index (χ3n) is 3.83. The predicted octanol–water partition coefficient (Wildman–Crippen LogP) is -0.0947. The molecular formula is C12H22N2O4S. The number of amides is 1. The van der Waals surface area contributed by atoms with Gasteiger partial charge in [-0.05, 0) is 19.3 Å². The van der Waals surface area contributed by atoms with Crippen LogP contribution in [0.3, 0.4) is 0 Å². The molecule has 2 heterocycles. The summed E-state index contributed by atoms with van der Waals surface area (Å²) >= 11 is 0. The second-order valence-corrected chi connectivity index (χ2v) is 7.43. The number of carbonyl (C=O) groups is 1. The zero-order valence-electron chi connectivity index (χ0n) is 11.5. The summed E-state index contributed by atoms with van der Waals surface area (Å²) in [6.45, 7) is 4.64. The fourth-order valence-electron chi connectivity index (χ4n) is 2.78. The van der Waals surface area contributed by atoms with Crippen molar-refractivity contribution in [2.45, 2.75) is 25.8 Å². The van der Waals surface area contributed by atoms with E-state index in [9.17, 15) is 13.2 Å². The van der Waals surface area contributed by atoms with E-state index in [1.807, 2.05) is 6.92 Å². The number of ether oxygens (including phenoxy) is 1. The van der Waals surface area contributed by atoms with Gasteiger partial charge in [0.2, 0.25) is 15.9 Å². The Morgan fingerprint density at radius 3 is 2.63 bits per heavy atom. The standard InChI is InChI=1S/C12H22N2O4S/c1-10-8-13(4-5-14(10)19(2,16)17)12(15)7-11-3-6-18-9-11/h10-11H,3-9H2,1-2H3/t10-,11?/m0/s1. The Bertz CT molecular complexity index is 431. The summed E-state index contributed by atoms with van der Waals surface area (Å²) in [5.41, 5.74) is 0. The van der Waals surface area contributed by atoms with E-state index in [-0.39, 0.29) is 11.9 Å². The molecule has 2 aliphatic rings. The molecule has 0 bridgehead atoms. The second kappa shape index (κ2) is 5.76. The van der Waals surface area contributed by atoms with E-state index >= 15 is 0 Å². The van der Waals surface area contributed by atoms with E-state index in [0.29, 0.717) is 38.6 Å².